The lowest BCUT2D eigenvalue weighted by Crippen LogP contribution is -2.35. The van der Waals surface area contributed by atoms with Gasteiger partial charge in [0.2, 0.25) is 0 Å². The predicted octanol–water partition coefficient (Wildman–Crippen LogP) is 1.87. The van der Waals surface area contributed by atoms with Crippen molar-refractivity contribution in [2.45, 2.75) is 45.1 Å². The number of nitrogens with zero attached hydrogens (tertiary/aromatic N) is 2. The first-order valence-corrected chi connectivity index (χ1v) is 7.18. The fourth-order valence-electron chi connectivity index (χ4n) is 2.41. The Labute approximate surface area is 120 Å². The number of carbonyl (C=O) groups is 1. The molecule has 1 atom stereocenters. The lowest BCUT2D eigenvalue weighted by Gasteiger charge is -2.18. The highest BCUT2D eigenvalue weighted by molar-refractivity contribution is 5.95. The molecule has 1 aromatic rings. The predicted molar refractivity (Wildman–Crippen MR) is 77.8 cm³/mol. The van der Waals surface area contributed by atoms with Gasteiger partial charge >= 0.3 is 0 Å². The summed E-state index contributed by atoms with van der Waals surface area (Å²) in [7, 11) is 3.55. The number of amides is 1. The molecule has 0 saturated heterocycles. The van der Waals surface area contributed by atoms with E-state index in [2.05, 4.69) is 31.2 Å². The topological polar surface area (TPSA) is 56.1 Å². The fourth-order valence-corrected chi connectivity index (χ4v) is 2.41. The second-order valence-corrected chi connectivity index (χ2v) is 6.64. The number of aryl methyl sites for hydroxylation is 1. The minimum absolute atomic E-state index is 0.0641. The van der Waals surface area contributed by atoms with Crippen LogP contribution < -0.4 is 5.32 Å². The van der Waals surface area contributed by atoms with Gasteiger partial charge in [0.1, 0.15) is 0 Å². The van der Waals surface area contributed by atoms with Crippen LogP contribution in [0.3, 0.4) is 0 Å². The van der Waals surface area contributed by atoms with Gasteiger partial charge in [0.05, 0.1) is 17.4 Å². The van der Waals surface area contributed by atoms with Crippen LogP contribution in [-0.2, 0) is 17.2 Å². The van der Waals surface area contributed by atoms with E-state index < -0.39 is 0 Å². The van der Waals surface area contributed by atoms with Crippen LogP contribution in [0.4, 0.5) is 0 Å². The number of ether oxygens (including phenoxy) is 1. The molecule has 0 aliphatic heterocycles. The average Bonchev–Trinajstić information content (AvgIpc) is 3.10. The molecule has 1 fully saturated rings. The van der Waals surface area contributed by atoms with Crippen molar-refractivity contribution in [2.24, 2.45) is 13.0 Å². The van der Waals surface area contributed by atoms with Crippen LogP contribution in [0.2, 0.25) is 0 Å². The molecule has 1 aromatic heterocycles. The van der Waals surface area contributed by atoms with Gasteiger partial charge in [-0.05, 0) is 18.8 Å². The minimum Gasteiger partial charge on any atom is -0.379 e. The first kappa shape index (κ1) is 15.0. The SMILES string of the molecule is COC(CNC(=O)c1cn(C)nc1C(C)(C)C)C1CC1. The van der Waals surface area contributed by atoms with Crippen LogP contribution >= 0.6 is 0 Å². The molecule has 1 aliphatic rings. The largest absolute Gasteiger partial charge is 0.379 e. The van der Waals surface area contributed by atoms with Gasteiger partial charge in [-0.3, -0.25) is 9.48 Å². The molecule has 0 aromatic carbocycles. The monoisotopic (exact) mass is 279 g/mol. The van der Waals surface area contributed by atoms with Crippen LogP contribution in [0.15, 0.2) is 6.20 Å². The number of methoxy groups -OCH3 is 1. The van der Waals surface area contributed by atoms with E-state index in [9.17, 15) is 4.79 Å². The van der Waals surface area contributed by atoms with E-state index in [0.717, 1.165) is 5.69 Å². The summed E-state index contributed by atoms with van der Waals surface area (Å²) in [5.41, 5.74) is 1.34. The summed E-state index contributed by atoms with van der Waals surface area (Å²) in [6, 6.07) is 0. The van der Waals surface area contributed by atoms with Crippen molar-refractivity contribution in [3.8, 4) is 0 Å². The Balaban J connectivity index is 2.05. The van der Waals surface area contributed by atoms with E-state index in [-0.39, 0.29) is 17.4 Å². The molecule has 0 radical (unpaired) electrons. The summed E-state index contributed by atoms with van der Waals surface area (Å²) < 4.78 is 7.13. The van der Waals surface area contributed by atoms with Crippen LogP contribution in [-0.4, -0.2) is 35.4 Å². The van der Waals surface area contributed by atoms with E-state index in [4.69, 9.17) is 4.74 Å². The summed E-state index contributed by atoms with van der Waals surface area (Å²) in [6.07, 6.45) is 4.33. The summed E-state index contributed by atoms with van der Waals surface area (Å²) in [4.78, 5) is 12.4. The van der Waals surface area contributed by atoms with Gasteiger partial charge in [-0.2, -0.15) is 5.10 Å². The number of hydrogen-bond acceptors (Lipinski definition) is 3. The van der Waals surface area contributed by atoms with Gasteiger partial charge in [0.15, 0.2) is 0 Å². The number of aromatic nitrogens is 2. The van der Waals surface area contributed by atoms with Gasteiger partial charge in [0.25, 0.3) is 5.91 Å². The molecule has 0 bridgehead atoms. The van der Waals surface area contributed by atoms with E-state index >= 15 is 0 Å². The number of rotatable bonds is 5. The maximum Gasteiger partial charge on any atom is 0.254 e. The van der Waals surface area contributed by atoms with E-state index in [1.165, 1.54) is 12.8 Å². The highest BCUT2D eigenvalue weighted by Crippen LogP contribution is 2.33. The third-order valence-corrected chi connectivity index (χ3v) is 3.70. The minimum atomic E-state index is -0.148. The molecule has 1 saturated carbocycles. The van der Waals surface area contributed by atoms with E-state index in [1.807, 2.05) is 7.05 Å². The van der Waals surface area contributed by atoms with Gasteiger partial charge in [-0.15, -0.1) is 0 Å². The molecule has 5 nitrogen and oxygen atoms in total. The van der Waals surface area contributed by atoms with Gasteiger partial charge in [-0.1, -0.05) is 20.8 Å². The Bertz CT molecular complexity index is 484. The highest BCUT2D eigenvalue weighted by Gasteiger charge is 2.32. The molecule has 1 aliphatic carbocycles. The Hall–Kier alpha value is -1.36. The Morgan fingerprint density at radius 3 is 2.70 bits per heavy atom. The lowest BCUT2D eigenvalue weighted by molar-refractivity contribution is 0.0740. The van der Waals surface area contributed by atoms with Crippen LogP contribution in [0.1, 0.15) is 49.7 Å². The zero-order valence-electron chi connectivity index (χ0n) is 13.1. The van der Waals surface area contributed by atoms with Gasteiger partial charge in [-0.25, -0.2) is 0 Å². The van der Waals surface area contributed by atoms with Gasteiger partial charge < -0.3 is 10.1 Å². The summed E-state index contributed by atoms with van der Waals surface area (Å²) in [6.45, 7) is 6.76. The molecule has 5 heteroatoms. The van der Waals surface area contributed by atoms with Gasteiger partial charge in [0, 0.05) is 32.3 Å². The highest BCUT2D eigenvalue weighted by atomic mass is 16.5. The molecular weight excluding hydrogens is 254 g/mol. The first-order valence-electron chi connectivity index (χ1n) is 7.18. The number of carbonyl (C=O) groups excluding carboxylic acids is 1. The van der Waals surface area contributed by atoms with E-state index in [1.54, 1.807) is 18.0 Å². The van der Waals surface area contributed by atoms with Crippen molar-refractivity contribution in [3.05, 3.63) is 17.5 Å². The zero-order chi connectivity index (χ0) is 14.9. The molecule has 1 amide bonds. The maximum atomic E-state index is 12.4. The zero-order valence-corrected chi connectivity index (χ0v) is 13.1. The molecule has 2 rings (SSSR count). The van der Waals surface area contributed by atoms with Crippen molar-refractivity contribution in [3.63, 3.8) is 0 Å². The normalized spacial score (nSPS) is 17.1. The van der Waals surface area contributed by atoms with Crippen molar-refractivity contribution < 1.29 is 9.53 Å². The molecule has 112 valence electrons. The summed E-state index contributed by atoms with van der Waals surface area (Å²) in [5.74, 6) is 0.544. The molecule has 1 unspecified atom stereocenters. The van der Waals surface area contributed by atoms with Crippen molar-refractivity contribution in [1.29, 1.82) is 0 Å². The van der Waals surface area contributed by atoms with Crippen molar-refractivity contribution >= 4 is 5.91 Å². The standard InChI is InChI=1S/C15H25N3O2/c1-15(2,3)13-11(9-18(4)17-13)14(19)16-8-12(20-5)10-6-7-10/h9-10,12H,6-8H2,1-5H3,(H,16,19). The Morgan fingerprint density at radius 2 is 2.20 bits per heavy atom. The molecular formula is C15H25N3O2. The van der Waals surface area contributed by atoms with Crippen LogP contribution in [0.5, 0.6) is 0 Å². The lowest BCUT2D eigenvalue weighted by atomic mass is 9.89. The molecule has 20 heavy (non-hydrogen) atoms. The molecule has 0 spiro atoms. The molecule has 1 N–H and O–H groups in total. The second-order valence-electron chi connectivity index (χ2n) is 6.64. The van der Waals surface area contributed by atoms with Crippen LogP contribution in [0, 0.1) is 5.92 Å². The molecule has 1 heterocycles. The van der Waals surface area contributed by atoms with Crippen molar-refractivity contribution in [1.82, 2.24) is 15.1 Å². The third kappa shape index (κ3) is 3.39. The number of hydrogen-bond donors (Lipinski definition) is 1. The smallest absolute Gasteiger partial charge is 0.254 e. The number of nitrogens with one attached hydrogen (secondary N) is 1. The summed E-state index contributed by atoms with van der Waals surface area (Å²) >= 11 is 0. The Morgan fingerprint density at radius 1 is 1.55 bits per heavy atom. The first-order chi connectivity index (χ1) is 9.32. The third-order valence-electron chi connectivity index (χ3n) is 3.70. The van der Waals surface area contributed by atoms with Crippen molar-refractivity contribution in [2.75, 3.05) is 13.7 Å². The fraction of sp³-hybridized carbons (Fsp3) is 0.733. The second kappa shape index (κ2) is 5.56. The van der Waals surface area contributed by atoms with Crippen LogP contribution in [0.25, 0.3) is 0 Å². The maximum absolute atomic E-state index is 12.4. The summed E-state index contributed by atoms with van der Waals surface area (Å²) in [5, 5.41) is 7.40. The van der Waals surface area contributed by atoms with E-state index in [0.29, 0.717) is 18.0 Å². The average molecular weight is 279 g/mol. The quantitative estimate of drug-likeness (QED) is 0.895. The Kier molecular flexibility index (Phi) is 4.18.